The Morgan fingerprint density at radius 1 is 1.37 bits per heavy atom. The van der Waals surface area contributed by atoms with Crippen molar-refractivity contribution >= 4 is 0 Å². The summed E-state index contributed by atoms with van der Waals surface area (Å²) < 4.78 is 10.5. The first-order valence-corrected chi connectivity index (χ1v) is 6.26. The molecule has 0 aliphatic rings. The van der Waals surface area contributed by atoms with Gasteiger partial charge in [-0.05, 0) is 18.9 Å². The number of methoxy groups -OCH3 is 1. The van der Waals surface area contributed by atoms with Gasteiger partial charge in [-0.3, -0.25) is 4.98 Å². The zero-order valence-corrected chi connectivity index (χ0v) is 11.4. The maximum absolute atomic E-state index is 6.25. The fourth-order valence-electron chi connectivity index (χ4n) is 1.82. The van der Waals surface area contributed by atoms with Crippen molar-refractivity contribution in [3.05, 3.63) is 24.3 Å². The summed E-state index contributed by atoms with van der Waals surface area (Å²) in [4.78, 5) is 8.38. The predicted octanol–water partition coefficient (Wildman–Crippen LogP) is 2.11. The van der Waals surface area contributed by atoms with Gasteiger partial charge in [0.05, 0.1) is 24.4 Å². The maximum Gasteiger partial charge on any atom is 0.261 e. The van der Waals surface area contributed by atoms with Crippen molar-refractivity contribution in [2.24, 2.45) is 5.73 Å². The first kappa shape index (κ1) is 13.5. The normalized spacial score (nSPS) is 11.6. The van der Waals surface area contributed by atoms with Crippen molar-refractivity contribution in [1.29, 1.82) is 0 Å². The highest BCUT2D eigenvalue weighted by Gasteiger charge is 2.29. The smallest absolute Gasteiger partial charge is 0.261 e. The van der Waals surface area contributed by atoms with Crippen LogP contribution in [0.5, 0.6) is 5.75 Å². The molecule has 2 heterocycles. The summed E-state index contributed by atoms with van der Waals surface area (Å²) >= 11 is 0. The van der Waals surface area contributed by atoms with E-state index in [1.807, 2.05) is 13.8 Å². The molecule has 0 saturated heterocycles. The van der Waals surface area contributed by atoms with E-state index in [2.05, 4.69) is 15.1 Å². The van der Waals surface area contributed by atoms with Crippen LogP contribution in [0.1, 0.15) is 32.5 Å². The van der Waals surface area contributed by atoms with Gasteiger partial charge in [0.1, 0.15) is 5.75 Å². The van der Waals surface area contributed by atoms with E-state index >= 15 is 0 Å². The maximum atomic E-state index is 6.25. The quantitative estimate of drug-likeness (QED) is 0.888. The van der Waals surface area contributed by atoms with Crippen LogP contribution in [-0.2, 0) is 5.54 Å². The average molecular weight is 262 g/mol. The van der Waals surface area contributed by atoms with E-state index in [1.54, 1.807) is 25.6 Å². The van der Waals surface area contributed by atoms with Crippen molar-refractivity contribution in [3.63, 3.8) is 0 Å². The number of rotatable bonds is 5. The third-order valence-electron chi connectivity index (χ3n) is 3.37. The van der Waals surface area contributed by atoms with Crippen molar-refractivity contribution in [2.45, 2.75) is 32.2 Å². The van der Waals surface area contributed by atoms with E-state index in [1.165, 1.54) is 0 Å². The predicted molar refractivity (Wildman–Crippen MR) is 70.5 cm³/mol. The molecule has 2 N–H and O–H groups in total. The summed E-state index contributed by atoms with van der Waals surface area (Å²) in [6.45, 7) is 4.01. The van der Waals surface area contributed by atoms with Crippen LogP contribution in [0.2, 0.25) is 0 Å². The number of aromatic nitrogens is 3. The SMILES string of the molecule is CCC(N)(CC)c1noc(-c2ccncc2OC)n1. The van der Waals surface area contributed by atoms with Crippen molar-refractivity contribution < 1.29 is 9.26 Å². The summed E-state index contributed by atoms with van der Waals surface area (Å²) in [6.07, 6.45) is 4.75. The highest BCUT2D eigenvalue weighted by Crippen LogP contribution is 2.30. The van der Waals surface area contributed by atoms with Gasteiger partial charge in [0, 0.05) is 6.20 Å². The molecule has 0 unspecified atom stereocenters. The Bertz CT molecular complexity index is 549. The molecule has 19 heavy (non-hydrogen) atoms. The molecule has 6 heteroatoms. The summed E-state index contributed by atoms with van der Waals surface area (Å²) in [6, 6.07) is 1.77. The van der Waals surface area contributed by atoms with Crippen molar-refractivity contribution in [1.82, 2.24) is 15.1 Å². The second-order valence-electron chi connectivity index (χ2n) is 4.36. The van der Waals surface area contributed by atoms with Crippen LogP contribution in [-0.4, -0.2) is 22.2 Å². The van der Waals surface area contributed by atoms with Crippen LogP contribution >= 0.6 is 0 Å². The molecule has 102 valence electrons. The highest BCUT2D eigenvalue weighted by molar-refractivity contribution is 5.61. The molecular formula is C13H18N4O2. The Hall–Kier alpha value is -1.95. The molecule has 0 spiro atoms. The minimum atomic E-state index is -0.554. The zero-order chi connectivity index (χ0) is 13.9. The molecule has 0 saturated carbocycles. The van der Waals surface area contributed by atoms with Gasteiger partial charge in [0.15, 0.2) is 5.82 Å². The molecule has 0 aliphatic carbocycles. The van der Waals surface area contributed by atoms with E-state index in [4.69, 9.17) is 15.0 Å². The van der Waals surface area contributed by atoms with E-state index in [-0.39, 0.29) is 0 Å². The van der Waals surface area contributed by atoms with Gasteiger partial charge in [0.2, 0.25) is 0 Å². The van der Waals surface area contributed by atoms with Gasteiger partial charge in [0.25, 0.3) is 5.89 Å². The fraction of sp³-hybridized carbons (Fsp3) is 0.462. The number of pyridine rings is 1. The van der Waals surface area contributed by atoms with E-state index < -0.39 is 5.54 Å². The standard InChI is InChI=1S/C13H18N4O2/c1-4-13(14,5-2)12-16-11(19-17-12)9-6-7-15-8-10(9)18-3/h6-8H,4-5,14H2,1-3H3. The van der Waals surface area contributed by atoms with Gasteiger partial charge < -0.3 is 15.0 Å². The minimum Gasteiger partial charge on any atom is -0.494 e. The second kappa shape index (κ2) is 5.36. The van der Waals surface area contributed by atoms with Crippen LogP contribution in [0.15, 0.2) is 23.0 Å². The van der Waals surface area contributed by atoms with Gasteiger partial charge >= 0.3 is 0 Å². The van der Waals surface area contributed by atoms with E-state index in [0.717, 1.165) is 12.8 Å². The molecule has 0 fully saturated rings. The average Bonchev–Trinajstić information content (AvgIpc) is 2.96. The highest BCUT2D eigenvalue weighted by atomic mass is 16.5. The third kappa shape index (κ3) is 2.44. The van der Waals surface area contributed by atoms with Gasteiger partial charge in [-0.2, -0.15) is 4.98 Å². The Morgan fingerprint density at radius 3 is 2.74 bits per heavy atom. The van der Waals surface area contributed by atoms with Crippen LogP contribution in [0.25, 0.3) is 11.5 Å². The van der Waals surface area contributed by atoms with Gasteiger partial charge in [-0.15, -0.1) is 0 Å². The topological polar surface area (TPSA) is 87.1 Å². The van der Waals surface area contributed by atoms with E-state index in [0.29, 0.717) is 23.0 Å². The Labute approximate surface area is 112 Å². The lowest BCUT2D eigenvalue weighted by Crippen LogP contribution is -2.36. The molecule has 0 bridgehead atoms. The van der Waals surface area contributed by atoms with Crippen molar-refractivity contribution in [2.75, 3.05) is 7.11 Å². The molecule has 6 nitrogen and oxygen atoms in total. The molecule has 0 atom stereocenters. The lowest BCUT2D eigenvalue weighted by molar-refractivity contribution is 0.349. The number of nitrogens with two attached hydrogens (primary N) is 1. The summed E-state index contributed by atoms with van der Waals surface area (Å²) in [7, 11) is 1.57. The summed E-state index contributed by atoms with van der Waals surface area (Å²) in [5.74, 6) is 1.51. The summed E-state index contributed by atoms with van der Waals surface area (Å²) in [5.41, 5.74) is 6.41. The monoisotopic (exact) mass is 262 g/mol. The van der Waals surface area contributed by atoms with Crippen LogP contribution in [0.3, 0.4) is 0 Å². The van der Waals surface area contributed by atoms with Gasteiger partial charge in [-0.1, -0.05) is 19.0 Å². The lowest BCUT2D eigenvalue weighted by Gasteiger charge is -2.21. The molecule has 0 amide bonds. The Morgan fingerprint density at radius 2 is 2.11 bits per heavy atom. The largest absolute Gasteiger partial charge is 0.494 e. The third-order valence-corrected chi connectivity index (χ3v) is 3.37. The van der Waals surface area contributed by atoms with Crippen LogP contribution in [0, 0.1) is 0 Å². The number of hydrogen-bond acceptors (Lipinski definition) is 6. The molecule has 2 aromatic heterocycles. The Balaban J connectivity index is 2.41. The zero-order valence-electron chi connectivity index (χ0n) is 11.4. The summed E-state index contributed by atoms with van der Waals surface area (Å²) in [5, 5.41) is 3.99. The molecule has 0 aliphatic heterocycles. The van der Waals surface area contributed by atoms with Crippen LogP contribution < -0.4 is 10.5 Å². The Kier molecular flexibility index (Phi) is 3.80. The molecular weight excluding hydrogens is 244 g/mol. The second-order valence-corrected chi connectivity index (χ2v) is 4.36. The molecule has 2 aromatic rings. The molecule has 0 radical (unpaired) electrons. The molecule has 2 rings (SSSR count). The van der Waals surface area contributed by atoms with Crippen LogP contribution in [0.4, 0.5) is 0 Å². The lowest BCUT2D eigenvalue weighted by atomic mass is 9.93. The van der Waals surface area contributed by atoms with Gasteiger partial charge in [-0.25, -0.2) is 0 Å². The fourth-order valence-corrected chi connectivity index (χ4v) is 1.82. The van der Waals surface area contributed by atoms with E-state index in [9.17, 15) is 0 Å². The number of ether oxygens (including phenoxy) is 1. The minimum absolute atomic E-state index is 0.394. The first-order valence-electron chi connectivity index (χ1n) is 6.26. The molecule has 0 aromatic carbocycles. The van der Waals surface area contributed by atoms with Crippen molar-refractivity contribution in [3.8, 4) is 17.2 Å². The number of nitrogens with zero attached hydrogens (tertiary/aromatic N) is 3. The first-order chi connectivity index (χ1) is 9.14. The number of hydrogen-bond donors (Lipinski definition) is 1.